The Hall–Kier alpha value is -1.35. The van der Waals surface area contributed by atoms with Gasteiger partial charge < -0.3 is 9.84 Å². The number of halogens is 5. The zero-order valence-corrected chi connectivity index (χ0v) is 13.2. The molecule has 0 saturated heterocycles. The van der Waals surface area contributed by atoms with Crippen LogP contribution >= 0.6 is 27.3 Å². The number of alkyl halides is 3. The third-order valence-corrected chi connectivity index (χ3v) is 5.03. The number of thiophene rings is 1. The Morgan fingerprint density at radius 2 is 2.05 bits per heavy atom. The molecular weight excluding hydrogens is 392 g/mol. The minimum atomic E-state index is -4.30. The number of carbonyl (C=O) groups is 1. The standard InChI is InChI=1S/C13H9BrF4O3S/c14-8-6-2-3-7(15)9(10(6)22-11(8)12(19)20)21-5-1-4-13(16,17)18/h2-3H,1,4-5H2,(H,19,20). The van der Waals surface area contributed by atoms with Crippen molar-refractivity contribution in [2.24, 2.45) is 0 Å². The van der Waals surface area contributed by atoms with Gasteiger partial charge >= 0.3 is 12.1 Å². The molecule has 0 aliphatic carbocycles. The molecule has 0 saturated carbocycles. The van der Waals surface area contributed by atoms with Gasteiger partial charge in [-0.1, -0.05) is 0 Å². The van der Waals surface area contributed by atoms with Crippen LogP contribution in [0.4, 0.5) is 17.6 Å². The molecular formula is C13H9BrF4O3S. The van der Waals surface area contributed by atoms with Crippen LogP contribution in [0.3, 0.4) is 0 Å². The van der Waals surface area contributed by atoms with Crippen molar-refractivity contribution in [1.29, 1.82) is 0 Å². The molecule has 0 atom stereocenters. The third kappa shape index (κ3) is 3.70. The van der Waals surface area contributed by atoms with Gasteiger partial charge in [-0.25, -0.2) is 9.18 Å². The summed E-state index contributed by atoms with van der Waals surface area (Å²) in [4.78, 5) is 11.1. The minimum absolute atomic E-state index is 0.0271. The van der Waals surface area contributed by atoms with Crippen molar-refractivity contribution < 1.29 is 32.2 Å². The zero-order valence-electron chi connectivity index (χ0n) is 10.8. The van der Waals surface area contributed by atoms with E-state index >= 15 is 0 Å². The normalized spacial score (nSPS) is 11.9. The van der Waals surface area contributed by atoms with Crippen LogP contribution in [0, 0.1) is 5.82 Å². The molecule has 1 N–H and O–H groups in total. The number of hydrogen-bond donors (Lipinski definition) is 1. The molecule has 9 heteroatoms. The smallest absolute Gasteiger partial charge is 0.389 e. The van der Waals surface area contributed by atoms with Crippen molar-refractivity contribution in [3.8, 4) is 5.75 Å². The van der Waals surface area contributed by atoms with E-state index in [4.69, 9.17) is 9.84 Å². The van der Waals surface area contributed by atoms with Crippen LogP contribution < -0.4 is 4.74 Å². The maximum atomic E-state index is 13.8. The lowest BCUT2D eigenvalue weighted by molar-refractivity contribution is -0.136. The average Bonchev–Trinajstić information content (AvgIpc) is 2.73. The van der Waals surface area contributed by atoms with Crippen LogP contribution in [0.5, 0.6) is 5.75 Å². The fourth-order valence-corrected chi connectivity index (χ4v) is 3.70. The molecule has 0 fully saturated rings. The summed E-state index contributed by atoms with van der Waals surface area (Å²) in [5.41, 5.74) is 0. The maximum absolute atomic E-state index is 13.8. The Labute approximate surface area is 134 Å². The van der Waals surface area contributed by atoms with Crippen molar-refractivity contribution >= 4 is 43.3 Å². The summed E-state index contributed by atoms with van der Waals surface area (Å²) in [6.45, 7) is -0.312. The summed E-state index contributed by atoms with van der Waals surface area (Å²) in [5.74, 6) is -2.15. The molecule has 2 rings (SSSR count). The van der Waals surface area contributed by atoms with E-state index in [1.54, 1.807) is 0 Å². The third-order valence-electron chi connectivity index (χ3n) is 2.75. The first kappa shape index (κ1) is 17.0. The summed E-state index contributed by atoms with van der Waals surface area (Å²) in [6.07, 6.45) is -5.63. The fraction of sp³-hybridized carbons (Fsp3) is 0.308. The number of fused-ring (bicyclic) bond motifs is 1. The fourth-order valence-electron chi connectivity index (χ4n) is 1.80. The van der Waals surface area contributed by atoms with Crippen LogP contribution in [0.25, 0.3) is 10.1 Å². The van der Waals surface area contributed by atoms with E-state index in [-0.39, 0.29) is 28.4 Å². The van der Waals surface area contributed by atoms with E-state index in [0.29, 0.717) is 9.86 Å². The highest BCUT2D eigenvalue weighted by Gasteiger charge is 2.26. The Bertz CT molecular complexity index is 711. The number of rotatable bonds is 5. The quantitative estimate of drug-likeness (QED) is 0.552. The van der Waals surface area contributed by atoms with Crippen molar-refractivity contribution in [3.63, 3.8) is 0 Å². The van der Waals surface area contributed by atoms with Crippen LogP contribution in [0.2, 0.25) is 0 Å². The second kappa shape index (κ2) is 6.41. The summed E-state index contributed by atoms with van der Waals surface area (Å²) < 4.78 is 55.7. The number of aromatic carboxylic acids is 1. The minimum Gasteiger partial charge on any atom is -0.489 e. The second-order valence-corrected chi connectivity index (χ2v) is 6.18. The lowest BCUT2D eigenvalue weighted by atomic mass is 10.2. The van der Waals surface area contributed by atoms with Crippen molar-refractivity contribution in [3.05, 3.63) is 27.3 Å². The van der Waals surface area contributed by atoms with Gasteiger partial charge in [0.1, 0.15) is 4.88 Å². The van der Waals surface area contributed by atoms with Gasteiger partial charge in [0.05, 0.1) is 15.8 Å². The largest absolute Gasteiger partial charge is 0.489 e. The van der Waals surface area contributed by atoms with Crippen molar-refractivity contribution in [2.75, 3.05) is 6.61 Å². The summed E-state index contributed by atoms with van der Waals surface area (Å²) in [7, 11) is 0. The predicted molar refractivity (Wildman–Crippen MR) is 77.2 cm³/mol. The van der Waals surface area contributed by atoms with Crippen molar-refractivity contribution in [1.82, 2.24) is 0 Å². The van der Waals surface area contributed by atoms with E-state index in [1.165, 1.54) is 6.07 Å². The predicted octanol–water partition coefficient (Wildman–Crippen LogP) is 5.22. The molecule has 0 bridgehead atoms. The SMILES string of the molecule is O=C(O)c1sc2c(OCCCC(F)(F)F)c(F)ccc2c1Br. The molecule has 120 valence electrons. The number of ether oxygens (including phenoxy) is 1. The van der Waals surface area contributed by atoms with Gasteiger partial charge in [0.25, 0.3) is 0 Å². The molecule has 2 aromatic rings. The van der Waals surface area contributed by atoms with Crippen molar-refractivity contribution in [2.45, 2.75) is 19.0 Å². The molecule has 0 aliphatic heterocycles. The van der Waals surface area contributed by atoms with Gasteiger partial charge in [-0.2, -0.15) is 13.2 Å². The highest BCUT2D eigenvalue weighted by molar-refractivity contribution is 9.10. The van der Waals surface area contributed by atoms with Crippen LogP contribution in [-0.2, 0) is 0 Å². The topological polar surface area (TPSA) is 46.5 Å². The van der Waals surface area contributed by atoms with Gasteiger partial charge in [0.2, 0.25) is 0 Å². The summed E-state index contributed by atoms with van der Waals surface area (Å²) >= 11 is 3.92. The van der Waals surface area contributed by atoms with Crippen LogP contribution in [0.1, 0.15) is 22.5 Å². The number of carboxylic acid groups (broad SMARTS) is 1. The number of carboxylic acids is 1. The molecule has 1 aromatic carbocycles. The Morgan fingerprint density at radius 3 is 2.64 bits per heavy atom. The van der Waals surface area contributed by atoms with Gasteiger partial charge in [-0.3, -0.25) is 0 Å². The molecule has 1 heterocycles. The molecule has 0 aliphatic rings. The van der Waals surface area contributed by atoms with Gasteiger partial charge in [0.15, 0.2) is 11.6 Å². The highest BCUT2D eigenvalue weighted by Crippen LogP contribution is 2.42. The van der Waals surface area contributed by atoms with E-state index in [1.807, 2.05) is 0 Å². The molecule has 0 amide bonds. The zero-order chi connectivity index (χ0) is 16.5. The molecule has 22 heavy (non-hydrogen) atoms. The van der Waals surface area contributed by atoms with E-state index < -0.39 is 24.4 Å². The molecule has 0 spiro atoms. The number of hydrogen-bond acceptors (Lipinski definition) is 3. The lowest BCUT2D eigenvalue weighted by Gasteiger charge is -2.09. The first-order valence-electron chi connectivity index (χ1n) is 6.04. The maximum Gasteiger partial charge on any atom is 0.389 e. The Kier molecular flexibility index (Phi) is 4.96. The first-order valence-corrected chi connectivity index (χ1v) is 7.65. The molecule has 0 unspecified atom stereocenters. The molecule has 0 radical (unpaired) electrons. The Balaban J connectivity index is 2.27. The Morgan fingerprint density at radius 1 is 1.36 bits per heavy atom. The second-order valence-electron chi connectivity index (χ2n) is 4.37. The monoisotopic (exact) mass is 400 g/mol. The van der Waals surface area contributed by atoms with Crippen LogP contribution in [0.15, 0.2) is 16.6 Å². The van der Waals surface area contributed by atoms with E-state index in [2.05, 4.69) is 15.9 Å². The van der Waals surface area contributed by atoms with E-state index in [9.17, 15) is 22.4 Å². The average molecular weight is 401 g/mol. The number of benzene rings is 1. The van der Waals surface area contributed by atoms with Gasteiger partial charge in [0, 0.05) is 11.8 Å². The first-order chi connectivity index (χ1) is 10.2. The van der Waals surface area contributed by atoms with Crippen LogP contribution in [-0.4, -0.2) is 23.9 Å². The molecule has 3 nitrogen and oxygen atoms in total. The summed E-state index contributed by atoms with van der Waals surface area (Å²) in [5, 5.41) is 9.49. The summed E-state index contributed by atoms with van der Waals surface area (Å²) in [6, 6.07) is 2.48. The van der Waals surface area contributed by atoms with Gasteiger partial charge in [-0.05, 0) is 34.5 Å². The lowest BCUT2D eigenvalue weighted by Crippen LogP contribution is -2.10. The highest BCUT2D eigenvalue weighted by atomic mass is 79.9. The molecule has 1 aromatic heterocycles. The van der Waals surface area contributed by atoms with E-state index in [0.717, 1.165) is 17.4 Å². The van der Waals surface area contributed by atoms with Gasteiger partial charge in [-0.15, -0.1) is 11.3 Å².